The lowest BCUT2D eigenvalue weighted by Crippen LogP contribution is -2.41. The Bertz CT molecular complexity index is 933. The highest BCUT2D eigenvalue weighted by Crippen LogP contribution is 2.18. The number of nitrogens with zero attached hydrogens (tertiary/aromatic N) is 2. The summed E-state index contributed by atoms with van der Waals surface area (Å²) >= 11 is 0. The molecular formula is C25H31N3O3. The maximum absolute atomic E-state index is 12.9. The van der Waals surface area contributed by atoms with E-state index in [1.165, 1.54) is 0 Å². The largest absolute Gasteiger partial charge is 0.351 e. The first-order chi connectivity index (χ1) is 14.8. The summed E-state index contributed by atoms with van der Waals surface area (Å²) in [5.74, 6) is -0.930. The van der Waals surface area contributed by atoms with Crippen LogP contribution in [0, 0.1) is 20.8 Å². The van der Waals surface area contributed by atoms with E-state index in [0.29, 0.717) is 38.3 Å². The molecular weight excluding hydrogens is 390 g/mol. The highest BCUT2D eigenvalue weighted by Gasteiger charge is 2.28. The molecule has 0 atom stereocenters. The molecule has 0 aromatic heterocycles. The van der Waals surface area contributed by atoms with Crippen LogP contribution in [0.15, 0.2) is 42.5 Å². The van der Waals surface area contributed by atoms with Gasteiger partial charge in [-0.1, -0.05) is 48.0 Å². The molecule has 0 saturated carbocycles. The summed E-state index contributed by atoms with van der Waals surface area (Å²) in [6, 6.07) is 13.7. The van der Waals surface area contributed by atoms with Gasteiger partial charge >= 0.3 is 0 Å². The van der Waals surface area contributed by atoms with Crippen LogP contribution in [0.5, 0.6) is 0 Å². The molecule has 3 rings (SSSR count). The topological polar surface area (TPSA) is 69.7 Å². The summed E-state index contributed by atoms with van der Waals surface area (Å²) < 4.78 is 0. The van der Waals surface area contributed by atoms with Gasteiger partial charge in [-0.05, 0) is 43.9 Å². The number of hydrogen-bond acceptors (Lipinski definition) is 4. The van der Waals surface area contributed by atoms with E-state index in [1.807, 2.05) is 68.1 Å². The van der Waals surface area contributed by atoms with Crippen LogP contribution in [0.1, 0.15) is 39.0 Å². The van der Waals surface area contributed by atoms with Gasteiger partial charge in [-0.2, -0.15) is 0 Å². The van der Waals surface area contributed by atoms with Crippen molar-refractivity contribution in [2.45, 2.75) is 33.7 Å². The number of hydrogen-bond donors (Lipinski definition) is 1. The lowest BCUT2D eigenvalue weighted by Gasteiger charge is -2.22. The average Bonchev–Trinajstić information content (AvgIpc) is 2.97. The normalized spacial score (nSPS) is 14.7. The molecule has 0 spiro atoms. The van der Waals surface area contributed by atoms with Gasteiger partial charge in [0, 0.05) is 38.3 Å². The van der Waals surface area contributed by atoms with E-state index in [9.17, 15) is 14.4 Å². The van der Waals surface area contributed by atoms with Crippen LogP contribution in [0.3, 0.4) is 0 Å². The van der Waals surface area contributed by atoms with Crippen molar-refractivity contribution in [1.82, 2.24) is 15.1 Å². The Balaban J connectivity index is 1.54. The predicted molar refractivity (Wildman–Crippen MR) is 121 cm³/mol. The lowest BCUT2D eigenvalue weighted by atomic mass is 9.96. The molecule has 1 heterocycles. The number of carbonyl (C=O) groups excluding carboxylic acids is 3. The van der Waals surface area contributed by atoms with Crippen molar-refractivity contribution in [3.63, 3.8) is 0 Å². The van der Waals surface area contributed by atoms with E-state index in [2.05, 4.69) is 5.32 Å². The first kappa shape index (κ1) is 22.7. The summed E-state index contributed by atoms with van der Waals surface area (Å²) in [5, 5.41) is 2.94. The maximum Gasteiger partial charge on any atom is 0.295 e. The number of aryl methyl sites for hydroxylation is 3. The second-order valence-electron chi connectivity index (χ2n) is 8.29. The summed E-state index contributed by atoms with van der Waals surface area (Å²) in [6.45, 7) is 8.79. The molecule has 0 bridgehead atoms. The van der Waals surface area contributed by atoms with Gasteiger partial charge in [-0.15, -0.1) is 0 Å². The fraction of sp³-hybridized carbons (Fsp3) is 0.400. The standard InChI is InChI=1S/C25H31N3O3/c1-18-14-19(2)23(20(3)15-18)24(30)25(31)28-11-7-10-27(12-13-28)17-22(29)26-16-21-8-5-4-6-9-21/h4-6,8-9,14-15H,7,10-13,16-17H2,1-3H3,(H,26,29). The van der Waals surface area contributed by atoms with Crippen LogP contribution in [0.4, 0.5) is 0 Å². The summed E-state index contributed by atoms with van der Waals surface area (Å²) in [4.78, 5) is 41.8. The Morgan fingerprint density at radius 3 is 2.26 bits per heavy atom. The number of ketones is 1. The van der Waals surface area contributed by atoms with Gasteiger partial charge in [-0.3, -0.25) is 19.3 Å². The Morgan fingerprint density at radius 2 is 1.58 bits per heavy atom. The monoisotopic (exact) mass is 421 g/mol. The maximum atomic E-state index is 12.9. The predicted octanol–water partition coefficient (Wildman–Crippen LogP) is 2.65. The third-order valence-corrected chi connectivity index (χ3v) is 5.67. The van der Waals surface area contributed by atoms with Crippen molar-refractivity contribution >= 4 is 17.6 Å². The quantitative estimate of drug-likeness (QED) is 0.575. The fourth-order valence-electron chi connectivity index (χ4n) is 4.18. The Labute approximate surface area is 184 Å². The molecule has 1 saturated heterocycles. The minimum atomic E-state index is -0.453. The van der Waals surface area contributed by atoms with Crippen LogP contribution in [-0.4, -0.2) is 60.1 Å². The van der Waals surface area contributed by atoms with Crippen molar-refractivity contribution < 1.29 is 14.4 Å². The molecule has 1 aliphatic heterocycles. The van der Waals surface area contributed by atoms with Crippen molar-refractivity contribution in [2.24, 2.45) is 0 Å². The molecule has 1 aliphatic rings. The van der Waals surface area contributed by atoms with E-state index < -0.39 is 11.7 Å². The Hall–Kier alpha value is -2.99. The van der Waals surface area contributed by atoms with Gasteiger partial charge in [0.1, 0.15) is 0 Å². The Morgan fingerprint density at radius 1 is 0.903 bits per heavy atom. The average molecular weight is 422 g/mol. The van der Waals surface area contributed by atoms with Gasteiger partial charge in [0.15, 0.2) is 0 Å². The molecule has 0 aliphatic carbocycles. The highest BCUT2D eigenvalue weighted by molar-refractivity contribution is 6.43. The van der Waals surface area contributed by atoms with Crippen LogP contribution >= 0.6 is 0 Å². The molecule has 1 fully saturated rings. The zero-order valence-electron chi connectivity index (χ0n) is 18.6. The number of benzene rings is 2. The molecule has 0 radical (unpaired) electrons. The fourth-order valence-corrected chi connectivity index (χ4v) is 4.18. The molecule has 31 heavy (non-hydrogen) atoms. The Kier molecular flexibility index (Phi) is 7.58. The van der Waals surface area contributed by atoms with E-state index in [1.54, 1.807) is 4.90 Å². The van der Waals surface area contributed by atoms with E-state index in [0.717, 1.165) is 35.2 Å². The number of nitrogens with one attached hydrogen (secondary N) is 1. The second-order valence-corrected chi connectivity index (χ2v) is 8.29. The second kappa shape index (κ2) is 10.4. The lowest BCUT2D eigenvalue weighted by molar-refractivity contribution is -0.126. The summed E-state index contributed by atoms with van der Waals surface area (Å²) in [6.07, 6.45) is 0.733. The molecule has 2 aromatic carbocycles. The molecule has 6 nitrogen and oxygen atoms in total. The SMILES string of the molecule is Cc1cc(C)c(C(=O)C(=O)N2CCCN(CC(=O)NCc3ccccc3)CC2)c(C)c1. The zero-order chi connectivity index (χ0) is 22.4. The van der Waals surface area contributed by atoms with Gasteiger partial charge in [0.05, 0.1) is 6.54 Å². The van der Waals surface area contributed by atoms with Crippen molar-refractivity contribution in [3.8, 4) is 0 Å². The minimum Gasteiger partial charge on any atom is -0.351 e. The third kappa shape index (κ3) is 6.01. The molecule has 164 valence electrons. The van der Waals surface area contributed by atoms with E-state index in [-0.39, 0.29) is 5.91 Å². The number of carbonyl (C=O) groups is 3. The number of Topliss-reactive ketones (excluding diaryl/α,β-unsaturated/α-hetero) is 1. The van der Waals surface area contributed by atoms with Crippen molar-refractivity contribution in [2.75, 3.05) is 32.7 Å². The van der Waals surface area contributed by atoms with Gasteiger partial charge < -0.3 is 10.2 Å². The molecule has 0 unspecified atom stereocenters. The van der Waals surface area contributed by atoms with Crippen LogP contribution in [-0.2, 0) is 16.1 Å². The zero-order valence-corrected chi connectivity index (χ0v) is 18.6. The van der Waals surface area contributed by atoms with Gasteiger partial charge in [0.25, 0.3) is 11.7 Å². The first-order valence-electron chi connectivity index (χ1n) is 10.8. The number of amides is 2. The van der Waals surface area contributed by atoms with Crippen LogP contribution in [0.2, 0.25) is 0 Å². The van der Waals surface area contributed by atoms with Crippen LogP contribution < -0.4 is 5.32 Å². The molecule has 6 heteroatoms. The van der Waals surface area contributed by atoms with Gasteiger partial charge in [0.2, 0.25) is 5.91 Å². The molecule has 1 N–H and O–H groups in total. The van der Waals surface area contributed by atoms with E-state index in [4.69, 9.17) is 0 Å². The minimum absolute atomic E-state index is 0.0365. The van der Waals surface area contributed by atoms with Crippen LogP contribution in [0.25, 0.3) is 0 Å². The first-order valence-corrected chi connectivity index (χ1v) is 10.8. The summed E-state index contributed by atoms with van der Waals surface area (Å²) in [5.41, 5.74) is 4.32. The molecule has 2 amide bonds. The highest BCUT2D eigenvalue weighted by atomic mass is 16.2. The van der Waals surface area contributed by atoms with E-state index >= 15 is 0 Å². The molecule has 2 aromatic rings. The third-order valence-electron chi connectivity index (χ3n) is 5.67. The number of rotatable bonds is 6. The smallest absolute Gasteiger partial charge is 0.295 e. The van der Waals surface area contributed by atoms with Crippen molar-refractivity contribution in [3.05, 3.63) is 70.3 Å². The summed E-state index contributed by atoms with van der Waals surface area (Å²) in [7, 11) is 0. The van der Waals surface area contributed by atoms with Crippen molar-refractivity contribution in [1.29, 1.82) is 0 Å². The van der Waals surface area contributed by atoms with Gasteiger partial charge in [-0.25, -0.2) is 0 Å².